The van der Waals surface area contributed by atoms with Gasteiger partial charge in [0, 0.05) is 5.56 Å². The summed E-state index contributed by atoms with van der Waals surface area (Å²) < 4.78 is 41.8. The van der Waals surface area contributed by atoms with Crippen LogP contribution in [0.15, 0.2) is 83.0 Å². The van der Waals surface area contributed by atoms with Gasteiger partial charge in [-0.15, -0.1) is 0 Å². The predicted molar refractivity (Wildman–Crippen MR) is 133 cm³/mol. The van der Waals surface area contributed by atoms with E-state index in [9.17, 15) is 4.79 Å². The van der Waals surface area contributed by atoms with E-state index in [2.05, 4.69) is 21.1 Å². The molecule has 0 aromatic heterocycles. The van der Waals surface area contributed by atoms with Crippen molar-refractivity contribution in [3.63, 3.8) is 0 Å². The molecule has 0 fully saturated rings. The fraction of sp³-hybridized carbons (Fsp3) is 0.0870. The summed E-state index contributed by atoms with van der Waals surface area (Å²) in [4.78, 5) is 12.2. The summed E-state index contributed by atoms with van der Waals surface area (Å²) in [7, 11) is -1.43. The molecule has 0 unspecified atom stereocenters. The molecule has 0 heterocycles. The topological polar surface area (TPSA) is 159 Å². The lowest BCUT2D eigenvalue weighted by Crippen LogP contribution is -2.17. The highest BCUT2D eigenvalue weighted by atomic mass is 32.3. The number of methoxy groups -OCH3 is 2. The average molecular weight is 501 g/mol. The van der Waals surface area contributed by atoms with Crippen LogP contribution in [-0.2, 0) is 10.4 Å². The van der Waals surface area contributed by atoms with Crippen molar-refractivity contribution >= 4 is 34.4 Å². The Hall–Kier alpha value is -4.26. The number of rotatable bonds is 8. The maximum atomic E-state index is 12.2. The SMILES string of the molecule is COc1ccc(C=NNC(=O)c2ccc(NN=Cc3ccc(OC)cc3)cc2)cc1.O=S(=O)(O)O. The zero-order valence-corrected chi connectivity index (χ0v) is 19.6. The molecule has 0 saturated heterocycles. The van der Waals surface area contributed by atoms with Gasteiger partial charge in [0.1, 0.15) is 11.5 Å². The van der Waals surface area contributed by atoms with E-state index in [1.165, 1.54) is 0 Å². The van der Waals surface area contributed by atoms with Gasteiger partial charge in [-0.05, 0) is 83.9 Å². The Balaban J connectivity index is 0.000000784. The molecule has 3 rings (SSSR count). The van der Waals surface area contributed by atoms with Crippen molar-refractivity contribution < 1.29 is 31.8 Å². The van der Waals surface area contributed by atoms with Crippen molar-refractivity contribution in [1.82, 2.24) is 5.43 Å². The second-order valence-corrected chi connectivity index (χ2v) is 7.54. The van der Waals surface area contributed by atoms with Gasteiger partial charge in [0.2, 0.25) is 0 Å². The summed E-state index contributed by atoms with van der Waals surface area (Å²) in [5.41, 5.74) is 8.48. The van der Waals surface area contributed by atoms with Gasteiger partial charge in [-0.25, -0.2) is 5.43 Å². The van der Waals surface area contributed by atoms with E-state index in [-0.39, 0.29) is 5.91 Å². The van der Waals surface area contributed by atoms with E-state index >= 15 is 0 Å². The smallest absolute Gasteiger partial charge is 0.394 e. The van der Waals surface area contributed by atoms with Crippen molar-refractivity contribution in [2.24, 2.45) is 10.2 Å². The minimum atomic E-state index is -4.67. The van der Waals surface area contributed by atoms with Crippen LogP contribution in [0.5, 0.6) is 11.5 Å². The normalized spacial score (nSPS) is 11.0. The Morgan fingerprint density at radius 2 is 1.20 bits per heavy atom. The van der Waals surface area contributed by atoms with Crippen LogP contribution in [0.4, 0.5) is 5.69 Å². The number of benzene rings is 3. The van der Waals surface area contributed by atoms with Crippen LogP contribution in [0, 0.1) is 0 Å². The molecule has 3 aromatic carbocycles. The molecule has 12 heteroatoms. The first-order chi connectivity index (χ1) is 16.7. The van der Waals surface area contributed by atoms with Gasteiger partial charge in [0.25, 0.3) is 5.91 Å². The van der Waals surface area contributed by atoms with Crippen LogP contribution >= 0.6 is 0 Å². The highest BCUT2D eigenvalue weighted by molar-refractivity contribution is 7.79. The van der Waals surface area contributed by atoms with E-state index in [0.717, 1.165) is 28.3 Å². The largest absolute Gasteiger partial charge is 0.497 e. The van der Waals surface area contributed by atoms with Gasteiger partial charge < -0.3 is 9.47 Å². The molecule has 35 heavy (non-hydrogen) atoms. The molecule has 0 spiro atoms. The van der Waals surface area contributed by atoms with E-state index < -0.39 is 10.4 Å². The van der Waals surface area contributed by atoms with E-state index in [0.29, 0.717) is 5.56 Å². The first-order valence-corrected chi connectivity index (χ1v) is 11.3. The molecule has 0 bridgehead atoms. The average Bonchev–Trinajstić information content (AvgIpc) is 2.84. The predicted octanol–water partition coefficient (Wildman–Crippen LogP) is 3.26. The van der Waals surface area contributed by atoms with Crippen LogP contribution in [-0.4, -0.2) is 50.1 Å². The van der Waals surface area contributed by atoms with Crippen molar-refractivity contribution in [2.45, 2.75) is 0 Å². The summed E-state index contributed by atoms with van der Waals surface area (Å²) in [6.45, 7) is 0. The molecule has 3 aromatic rings. The summed E-state index contributed by atoms with van der Waals surface area (Å²) in [5, 5.41) is 8.17. The maximum Gasteiger partial charge on any atom is 0.394 e. The summed E-state index contributed by atoms with van der Waals surface area (Å²) in [6, 6.07) is 21.8. The summed E-state index contributed by atoms with van der Waals surface area (Å²) in [5.74, 6) is 1.26. The fourth-order valence-electron chi connectivity index (χ4n) is 2.49. The molecular formula is C23H24N4O7S. The van der Waals surface area contributed by atoms with E-state index in [4.69, 9.17) is 27.0 Å². The standard InChI is InChI=1S/C23H22N4O3.H2O4S/c1-29-21-11-3-17(4-12-21)15-24-26-20-9-7-19(8-10-20)23(28)27-25-16-18-5-13-22(30-2)14-6-18;1-5(2,3)4/h3-16,26H,1-2H3,(H,27,28);(H2,1,2,3,4). The molecule has 0 radical (unpaired) electrons. The summed E-state index contributed by atoms with van der Waals surface area (Å²) >= 11 is 0. The number of hydrogen-bond donors (Lipinski definition) is 4. The Kier molecular flexibility index (Phi) is 10.4. The highest BCUT2D eigenvalue weighted by Gasteiger charge is 2.03. The lowest BCUT2D eigenvalue weighted by Gasteiger charge is -2.03. The third-order valence-corrected chi connectivity index (χ3v) is 4.17. The lowest BCUT2D eigenvalue weighted by atomic mass is 10.2. The van der Waals surface area contributed by atoms with Crippen LogP contribution in [0.2, 0.25) is 0 Å². The number of hydrogen-bond acceptors (Lipinski definition) is 8. The van der Waals surface area contributed by atoms with E-state index in [1.807, 2.05) is 48.5 Å². The minimum Gasteiger partial charge on any atom is -0.497 e. The van der Waals surface area contributed by atoms with Crippen LogP contribution in [0.25, 0.3) is 0 Å². The number of nitrogens with one attached hydrogen (secondary N) is 2. The van der Waals surface area contributed by atoms with Crippen molar-refractivity contribution in [3.05, 3.63) is 89.5 Å². The Bertz CT molecular complexity index is 1230. The Morgan fingerprint density at radius 3 is 1.63 bits per heavy atom. The Labute approximate surface area is 202 Å². The minimum absolute atomic E-state index is 0.298. The molecule has 184 valence electrons. The third-order valence-electron chi connectivity index (χ3n) is 4.17. The van der Waals surface area contributed by atoms with Crippen LogP contribution in [0.1, 0.15) is 21.5 Å². The van der Waals surface area contributed by atoms with E-state index in [1.54, 1.807) is 50.9 Å². The first kappa shape index (κ1) is 27.0. The van der Waals surface area contributed by atoms with Crippen LogP contribution < -0.4 is 20.3 Å². The molecule has 4 N–H and O–H groups in total. The number of amides is 1. The molecule has 0 atom stereocenters. The number of nitrogens with zero attached hydrogens (tertiary/aromatic N) is 2. The highest BCUT2D eigenvalue weighted by Crippen LogP contribution is 2.12. The van der Waals surface area contributed by atoms with Gasteiger partial charge >= 0.3 is 10.4 Å². The molecule has 1 amide bonds. The molecule has 11 nitrogen and oxygen atoms in total. The van der Waals surface area contributed by atoms with Crippen molar-refractivity contribution in [1.29, 1.82) is 0 Å². The second-order valence-electron chi connectivity index (χ2n) is 6.64. The number of anilines is 1. The first-order valence-electron chi connectivity index (χ1n) is 9.88. The zero-order valence-electron chi connectivity index (χ0n) is 18.8. The number of carbonyl (C=O) groups is 1. The zero-order chi connectivity index (χ0) is 25.7. The molecular weight excluding hydrogens is 476 g/mol. The number of hydrazone groups is 2. The van der Waals surface area contributed by atoms with Gasteiger partial charge in [-0.1, -0.05) is 0 Å². The van der Waals surface area contributed by atoms with Gasteiger partial charge in [-0.3, -0.25) is 19.3 Å². The summed E-state index contributed by atoms with van der Waals surface area (Å²) in [6.07, 6.45) is 3.27. The lowest BCUT2D eigenvalue weighted by molar-refractivity contribution is 0.0955. The van der Waals surface area contributed by atoms with Gasteiger partial charge in [0.15, 0.2) is 0 Å². The van der Waals surface area contributed by atoms with Gasteiger partial charge in [-0.2, -0.15) is 18.6 Å². The maximum absolute atomic E-state index is 12.2. The van der Waals surface area contributed by atoms with Gasteiger partial charge in [0.05, 0.1) is 32.3 Å². The van der Waals surface area contributed by atoms with Crippen LogP contribution in [0.3, 0.4) is 0 Å². The number of carbonyl (C=O) groups excluding carboxylic acids is 1. The second kappa shape index (κ2) is 13.4. The monoisotopic (exact) mass is 500 g/mol. The quantitative estimate of drug-likeness (QED) is 0.208. The molecule has 0 aliphatic heterocycles. The third kappa shape index (κ3) is 10.9. The molecule has 0 aliphatic rings. The van der Waals surface area contributed by atoms with Crippen molar-refractivity contribution in [3.8, 4) is 11.5 Å². The van der Waals surface area contributed by atoms with Crippen molar-refractivity contribution in [2.75, 3.05) is 19.6 Å². The fourth-order valence-corrected chi connectivity index (χ4v) is 2.49. The molecule has 0 saturated carbocycles. The molecule has 0 aliphatic carbocycles. The number of ether oxygens (including phenoxy) is 2. The Morgan fingerprint density at radius 1 is 0.771 bits per heavy atom.